The molecule has 9 nitrogen and oxygen atoms in total. The highest BCUT2D eigenvalue weighted by Gasteiger charge is 2.18. The number of para-hydroxylation sites is 1. The van der Waals surface area contributed by atoms with Crippen LogP contribution >= 0.6 is 0 Å². The second-order valence-electron chi connectivity index (χ2n) is 7.37. The van der Waals surface area contributed by atoms with Gasteiger partial charge in [-0.05, 0) is 24.3 Å². The maximum atomic E-state index is 12.5. The molecule has 178 valence electrons. The van der Waals surface area contributed by atoms with E-state index >= 15 is 0 Å². The number of sulfonamides is 1. The number of carbonyl (C=O) groups is 2. The van der Waals surface area contributed by atoms with Crippen LogP contribution in [0.2, 0.25) is 0 Å². The fourth-order valence-electron chi connectivity index (χ4n) is 3.20. The molecule has 0 spiro atoms. The summed E-state index contributed by atoms with van der Waals surface area (Å²) < 4.78 is 33.1. The molecule has 1 aromatic heterocycles. The molecule has 0 atom stereocenters. The number of hydrogen-bond acceptors (Lipinski definition) is 6. The lowest BCUT2D eigenvalue weighted by Gasteiger charge is -2.10. The summed E-state index contributed by atoms with van der Waals surface area (Å²) in [5.74, 6) is -1.09. The van der Waals surface area contributed by atoms with Crippen molar-refractivity contribution in [3.63, 3.8) is 0 Å². The highest BCUT2D eigenvalue weighted by Crippen LogP contribution is 2.24. The van der Waals surface area contributed by atoms with Crippen LogP contribution in [0.3, 0.4) is 0 Å². The summed E-state index contributed by atoms with van der Waals surface area (Å²) in [6.45, 7) is -1.20. The van der Waals surface area contributed by atoms with Crippen LogP contribution in [-0.4, -0.2) is 43.2 Å². The van der Waals surface area contributed by atoms with Crippen LogP contribution in [0.5, 0.6) is 0 Å². The molecule has 0 radical (unpaired) electrons. The number of esters is 1. The molecule has 4 rings (SSSR count). The van der Waals surface area contributed by atoms with E-state index in [2.05, 4.69) is 15.1 Å². The number of anilines is 1. The van der Waals surface area contributed by atoms with Gasteiger partial charge in [0.2, 0.25) is 10.0 Å². The van der Waals surface area contributed by atoms with E-state index in [1.807, 2.05) is 60.7 Å². The minimum absolute atomic E-state index is 0.0222. The molecule has 10 heteroatoms. The Morgan fingerprint density at radius 1 is 0.857 bits per heavy atom. The number of rotatable bonds is 9. The van der Waals surface area contributed by atoms with Gasteiger partial charge in [0.05, 0.1) is 16.3 Å². The molecule has 4 aromatic rings. The maximum Gasteiger partial charge on any atom is 0.321 e. The van der Waals surface area contributed by atoms with E-state index < -0.39 is 35.1 Å². The van der Waals surface area contributed by atoms with Crippen LogP contribution in [0, 0.1) is 0 Å². The molecule has 0 aliphatic carbocycles. The Kier molecular flexibility index (Phi) is 7.34. The minimum atomic E-state index is -3.87. The van der Waals surface area contributed by atoms with Crippen molar-refractivity contribution in [3.05, 3.63) is 97.1 Å². The highest BCUT2D eigenvalue weighted by atomic mass is 32.2. The van der Waals surface area contributed by atoms with E-state index in [0.717, 1.165) is 11.3 Å². The van der Waals surface area contributed by atoms with Crippen molar-refractivity contribution in [2.24, 2.45) is 0 Å². The first-order valence-corrected chi connectivity index (χ1v) is 12.1. The van der Waals surface area contributed by atoms with Gasteiger partial charge in [0, 0.05) is 11.6 Å². The SMILES string of the molecule is O=C(COC(=O)CNS(=O)(=O)c1ccccc1)Nc1cc(-c2ccccc2)nn1-c1ccccc1. The van der Waals surface area contributed by atoms with Crippen molar-refractivity contribution in [3.8, 4) is 16.9 Å². The maximum absolute atomic E-state index is 12.5. The van der Waals surface area contributed by atoms with Gasteiger partial charge in [-0.25, -0.2) is 13.1 Å². The molecule has 0 fully saturated rings. The number of nitrogens with zero attached hydrogens (tertiary/aromatic N) is 2. The summed E-state index contributed by atoms with van der Waals surface area (Å²) in [6.07, 6.45) is 0. The van der Waals surface area contributed by atoms with Gasteiger partial charge in [-0.15, -0.1) is 0 Å². The van der Waals surface area contributed by atoms with Gasteiger partial charge < -0.3 is 10.1 Å². The second-order valence-corrected chi connectivity index (χ2v) is 9.14. The van der Waals surface area contributed by atoms with Crippen LogP contribution in [0.15, 0.2) is 102 Å². The van der Waals surface area contributed by atoms with E-state index in [1.165, 1.54) is 12.1 Å². The van der Waals surface area contributed by atoms with Gasteiger partial charge >= 0.3 is 5.97 Å². The number of benzene rings is 3. The highest BCUT2D eigenvalue weighted by molar-refractivity contribution is 7.89. The van der Waals surface area contributed by atoms with E-state index in [-0.39, 0.29) is 4.90 Å². The monoisotopic (exact) mass is 490 g/mol. The Morgan fingerprint density at radius 3 is 2.11 bits per heavy atom. The first kappa shape index (κ1) is 23.9. The van der Waals surface area contributed by atoms with Crippen LogP contribution in [0.4, 0.5) is 5.82 Å². The predicted octanol–water partition coefficient (Wildman–Crippen LogP) is 3.00. The van der Waals surface area contributed by atoms with Crippen molar-refractivity contribution in [1.82, 2.24) is 14.5 Å². The quantitative estimate of drug-likeness (QED) is 0.348. The smallest absolute Gasteiger partial charge is 0.321 e. The fraction of sp³-hybridized carbons (Fsp3) is 0.0800. The van der Waals surface area contributed by atoms with E-state index in [4.69, 9.17) is 4.74 Å². The zero-order chi connectivity index (χ0) is 24.7. The molecule has 1 amide bonds. The van der Waals surface area contributed by atoms with Crippen molar-refractivity contribution < 1.29 is 22.7 Å². The lowest BCUT2D eigenvalue weighted by atomic mass is 10.2. The Hall–Kier alpha value is -4.28. The van der Waals surface area contributed by atoms with Gasteiger partial charge in [0.1, 0.15) is 12.4 Å². The van der Waals surface area contributed by atoms with Gasteiger partial charge in [-0.3, -0.25) is 9.59 Å². The lowest BCUT2D eigenvalue weighted by molar-refractivity contribution is -0.146. The van der Waals surface area contributed by atoms with Crippen LogP contribution < -0.4 is 10.0 Å². The summed E-state index contributed by atoms with van der Waals surface area (Å²) in [5, 5.41) is 7.30. The Balaban J connectivity index is 1.39. The van der Waals surface area contributed by atoms with Gasteiger partial charge in [-0.2, -0.15) is 9.82 Å². The third kappa shape index (κ3) is 6.19. The van der Waals surface area contributed by atoms with Crippen LogP contribution in [0.1, 0.15) is 0 Å². The zero-order valence-electron chi connectivity index (χ0n) is 18.5. The molecule has 35 heavy (non-hydrogen) atoms. The number of hydrogen-bond donors (Lipinski definition) is 2. The van der Waals surface area contributed by atoms with Crippen LogP contribution in [-0.2, 0) is 24.3 Å². The molecular weight excluding hydrogens is 468 g/mol. The molecule has 0 aliphatic rings. The molecule has 0 bridgehead atoms. The van der Waals surface area contributed by atoms with Crippen molar-refractivity contribution in [2.45, 2.75) is 4.90 Å². The predicted molar refractivity (Wildman–Crippen MR) is 130 cm³/mol. The average Bonchev–Trinajstić information content (AvgIpc) is 3.31. The molecule has 0 aliphatic heterocycles. The third-order valence-corrected chi connectivity index (χ3v) is 6.29. The number of ether oxygens (including phenoxy) is 1. The molecule has 0 saturated carbocycles. The summed E-state index contributed by atoms with van der Waals surface area (Å²) in [5.41, 5.74) is 2.25. The molecule has 3 aromatic carbocycles. The van der Waals surface area contributed by atoms with E-state index in [0.29, 0.717) is 11.5 Å². The summed E-state index contributed by atoms with van der Waals surface area (Å²) >= 11 is 0. The second kappa shape index (κ2) is 10.8. The zero-order valence-corrected chi connectivity index (χ0v) is 19.3. The molecule has 1 heterocycles. The Labute approximate surface area is 202 Å². The number of aromatic nitrogens is 2. The first-order valence-electron chi connectivity index (χ1n) is 10.6. The lowest BCUT2D eigenvalue weighted by Crippen LogP contribution is -2.32. The van der Waals surface area contributed by atoms with E-state index in [9.17, 15) is 18.0 Å². The fourth-order valence-corrected chi connectivity index (χ4v) is 4.19. The number of carbonyl (C=O) groups excluding carboxylic acids is 2. The van der Waals surface area contributed by atoms with Crippen molar-refractivity contribution in [2.75, 3.05) is 18.5 Å². The Bertz CT molecular complexity index is 1410. The van der Waals surface area contributed by atoms with Gasteiger partial charge in [0.15, 0.2) is 6.61 Å². The van der Waals surface area contributed by atoms with E-state index in [1.54, 1.807) is 28.9 Å². The molecule has 0 unspecified atom stereocenters. The van der Waals surface area contributed by atoms with Gasteiger partial charge in [0.25, 0.3) is 5.91 Å². The molecular formula is C25H22N4O5S. The third-order valence-electron chi connectivity index (χ3n) is 4.87. The summed E-state index contributed by atoms with van der Waals surface area (Å²) in [4.78, 5) is 24.5. The molecule has 0 saturated heterocycles. The minimum Gasteiger partial charge on any atom is -0.455 e. The molecule has 2 N–H and O–H groups in total. The normalized spacial score (nSPS) is 11.1. The topological polar surface area (TPSA) is 119 Å². The van der Waals surface area contributed by atoms with Crippen molar-refractivity contribution in [1.29, 1.82) is 0 Å². The average molecular weight is 491 g/mol. The Morgan fingerprint density at radius 2 is 1.46 bits per heavy atom. The standard InChI is InChI=1S/C25H22N4O5S/c30-24(18-34-25(31)17-26-35(32,33)21-14-8-3-9-15-21)27-23-16-22(19-10-4-1-5-11-19)28-29(23)20-12-6-2-7-13-20/h1-16,26H,17-18H2,(H,27,30). The first-order chi connectivity index (χ1) is 16.9. The summed E-state index contributed by atoms with van der Waals surface area (Å²) in [7, 11) is -3.87. The van der Waals surface area contributed by atoms with Crippen LogP contribution in [0.25, 0.3) is 16.9 Å². The number of nitrogens with one attached hydrogen (secondary N) is 2. The largest absolute Gasteiger partial charge is 0.455 e. The van der Waals surface area contributed by atoms with Crippen molar-refractivity contribution >= 4 is 27.7 Å². The summed E-state index contributed by atoms with van der Waals surface area (Å²) in [6, 6.07) is 28.1. The van der Waals surface area contributed by atoms with Gasteiger partial charge in [-0.1, -0.05) is 66.7 Å². The number of amides is 1.